The highest BCUT2D eigenvalue weighted by Crippen LogP contribution is 2.30. The number of halogens is 1. The van der Waals surface area contributed by atoms with Crippen LogP contribution in [0.15, 0.2) is 54.6 Å². The number of para-hydroxylation sites is 1. The molecule has 0 unspecified atom stereocenters. The minimum atomic E-state index is 0.122. The molecular formula is C24H24ClN5O. The topological polar surface area (TPSA) is 61.4 Å². The Morgan fingerprint density at radius 1 is 0.871 bits per heavy atom. The zero-order chi connectivity index (χ0) is 21.2. The van der Waals surface area contributed by atoms with Gasteiger partial charge in [-0.3, -0.25) is 4.79 Å². The van der Waals surface area contributed by atoms with Gasteiger partial charge in [0.15, 0.2) is 5.78 Å². The number of hydrogen-bond acceptors (Lipinski definition) is 6. The number of anilines is 4. The molecule has 0 radical (unpaired) electrons. The summed E-state index contributed by atoms with van der Waals surface area (Å²) in [5.41, 5.74) is 3.56. The Kier molecular flexibility index (Phi) is 5.47. The van der Waals surface area contributed by atoms with Gasteiger partial charge in [0.25, 0.3) is 0 Å². The van der Waals surface area contributed by atoms with Gasteiger partial charge in [0.1, 0.15) is 5.82 Å². The van der Waals surface area contributed by atoms with Crippen LogP contribution in [0.1, 0.15) is 28.9 Å². The normalized spacial score (nSPS) is 16.2. The molecule has 1 fully saturated rings. The van der Waals surface area contributed by atoms with Crippen molar-refractivity contribution in [2.24, 2.45) is 0 Å². The van der Waals surface area contributed by atoms with Gasteiger partial charge in [-0.05, 0) is 43.2 Å². The molecule has 2 aromatic carbocycles. The van der Waals surface area contributed by atoms with Crippen LogP contribution in [-0.2, 0) is 6.42 Å². The Bertz CT molecular complexity index is 1100. The molecule has 1 aliphatic heterocycles. The van der Waals surface area contributed by atoms with Gasteiger partial charge in [0.2, 0.25) is 5.95 Å². The number of fused-ring (bicyclic) bond motifs is 1. The molecule has 0 atom stereocenters. The highest BCUT2D eigenvalue weighted by molar-refractivity contribution is 6.30. The van der Waals surface area contributed by atoms with E-state index in [-0.39, 0.29) is 5.78 Å². The van der Waals surface area contributed by atoms with E-state index >= 15 is 0 Å². The van der Waals surface area contributed by atoms with Gasteiger partial charge < -0.3 is 15.1 Å². The summed E-state index contributed by atoms with van der Waals surface area (Å²) in [6, 6.07) is 17.8. The molecule has 0 saturated carbocycles. The van der Waals surface area contributed by atoms with Crippen LogP contribution in [0, 0.1) is 0 Å². The lowest BCUT2D eigenvalue weighted by Gasteiger charge is -2.36. The maximum atomic E-state index is 12.7. The number of carbonyl (C=O) groups is 1. The largest absolute Gasteiger partial charge is 0.368 e. The van der Waals surface area contributed by atoms with Crippen molar-refractivity contribution in [3.8, 4) is 0 Å². The molecule has 2 aliphatic rings. The molecule has 7 heteroatoms. The molecule has 31 heavy (non-hydrogen) atoms. The summed E-state index contributed by atoms with van der Waals surface area (Å²) >= 11 is 6.16. The van der Waals surface area contributed by atoms with Gasteiger partial charge in [0, 0.05) is 49.0 Å². The fraction of sp³-hybridized carbons (Fsp3) is 0.292. The molecule has 1 saturated heterocycles. The number of ketones is 1. The van der Waals surface area contributed by atoms with E-state index < -0.39 is 0 Å². The number of piperazine rings is 1. The van der Waals surface area contributed by atoms with Crippen LogP contribution in [0.3, 0.4) is 0 Å². The van der Waals surface area contributed by atoms with Crippen molar-refractivity contribution in [3.63, 3.8) is 0 Å². The first kappa shape index (κ1) is 19.8. The first-order chi connectivity index (χ1) is 15.2. The molecular weight excluding hydrogens is 410 g/mol. The third kappa shape index (κ3) is 4.21. The number of aryl methyl sites for hydroxylation is 1. The van der Waals surface area contributed by atoms with Gasteiger partial charge >= 0.3 is 0 Å². The third-order valence-corrected chi connectivity index (χ3v) is 6.08. The van der Waals surface area contributed by atoms with E-state index in [2.05, 4.69) is 21.2 Å². The van der Waals surface area contributed by atoms with Crippen molar-refractivity contribution in [1.29, 1.82) is 0 Å². The second kappa shape index (κ2) is 8.55. The minimum Gasteiger partial charge on any atom is -0.368 e. The molecule has 1 aromatic heterocycles. The predicted molar refractivity (Wildman–Crippen MR) is 125 cm³/mol. The Balaban J connectivity index is 1.41. The van der Waals surface area contributed by atoms with Crippen molar-refractivity contribution >= 4 is 40.5 Å². The van der Waals surface area contributed by atoms with E-state index in [4.69, 9.17) is 21.6 Å². The van der Waals surface area contributed by atoms with Gasteiger partial charge in [-0.25, -0.2) is 4.98 Å². The van der Waals surface area contributed by atoms with Crippen LogP contribution in [0.5, 0.6) is 0 Å². The number of Topliss-reactive ketones (excluding diaryl/α,β-unsaturated/α-hetero) is 1. The standard InChI is InChI=1S/C24H24ClN5O/c25-17-6-4-9-19(16-17)29-12-14-30(15-13-29)24-27-20-10-5-11-21(31)22(20)23(28-24)26-18-7-2-1-3-8-18/h1-4,6-9,16H,5,10-15H2,(H,26,27,28). The minimum absolute atomic E-state index is 0.122. The lowest BCUT2D eigenvalue weighted by atomic mass is 9.95. The molecule has 6 nitrogen and oxygen atoms in total. The molecule has 0 bridgehead atoms. The Labute approximate surface area is 186 Å². The first-order valence-electron chi connectivity index (χ1n) is 10.7. The summed E-state index contributed by atoms with van der Waals surface area (Å²) in [5.74, 6) is 1.43. The van der Waals surface area contributed by atoms with E-state index in [0.29, 0.717) is 23.8 Å². The van der Waals surface area contributed by atoms with E-state index in [9.17, 15) is 4.79 Å². The zero-order valence-electron chi connectivity index (χ0n) is 17.2. The van der Waals surface area contributed by atoms with Crippen molar-refractivity contribution in [1.82, 2.24) is 9.97 Å². The quantitative estimate of drug-likeness (QED) is 0.642. The average molecular weight is 434 g/mol. The summed E-state index contributed by atoms with van der Waals surface area (Å²) in [6.07, 6.45) is 2.20. The number of aromatic nitrogens is 2. The highest BCUT2D eigenvalue weighted by Gasteiger charge is 2.27. The number of nitrogens with zero attached hydrogens (tertiary/aromatic N) is 4. The molecule has 158 valence electrons. The lowest BCUT2D eigenvalue weighted by Crippen LogP contribution is -2.47. The second-order valence-corrected chi connectivity index (χ2v) is 8.35. The molecule has 1 aliphatic carbocycles. The van der Waals surface area contributed by atoms with Crippen LogP contribution in [-0.4, -0.2) is 41.9 Å². The number of hydrogen-bond donors (Lipinski definition) is 1. The third-order valence-electron chi connectivity index (χ3n) is 5.84. The van der Waals surface area contributed by atoms with Crippen LogP contribution < -0.4 is 15.1 Å². The van der Waals surface area contributed by atoms with Gasteiger partial charge in [-0.2, -0.15) is 4.98 Å². The molecule has 5 rings (SSSR count). The zero-order valence-corrected chi connectivity index (χ0v) is 18.0. The second-order valence-electron chi connectivity index (χ2n) is 7.92. The van der Waals surface area contributed by atoms with Crippen molar-refractivity contribution in [2.45, 2.75) is 19.3 Å². The van der Waals surface area contributed by atoms with Crippen molar-refractivity contribution < 1.29 is 4.79 Å². The Morgan fingerprint density at radius 3 is 2.42 bits per heavy atom. The number of carbonyl (C=O) groups excluding carboxylic acids is 1. The number of nitrogens with one attached hydrogen (secondary N) is 1. The average Bonchev–Trinajstić information content (AvgIpc) is 2.80. The fourth-order valence-electron chi connectivity index (χ4n) is 4.24. The van der Waals surface area contributed by atoms with E-state index in [0.717, 1.165) is 61.1 Å². The van der Waals surface area contributed by atoms with Crippen LogP contribution in [0.4, 0.5) is 23.1 Å². The summed E-state index contributed by atoms with van der Waals surface area (Å²) in [6.45, 7) is 3.34. The highest BCUT2D eigenvalue weighted by atomic mass is 35.5. The maximum Gasteiger partial charge on any atom is 0.227 e. The molecule has 0 amide bonds. The molecule has 1 N–H and O–H groups in total. The van der Waals surface area contributed by atoms with Crippen LogP contribution >= 0.6 is 11.6 Å². The van der Waals surface area contributed by atoms with Gasteiger partial charge in [0.05, 0.1) is 11.3 Å². The molecule has 0 spiro atoms. The summed E-state index contributed by atoms with van der Waals surface area (Å²) in [5, 5.41) is 4.11. The van der Waals surface area contributed by atoms with Gasteiger partial charge in [-0.15, -0.1) is 0 Å². The summed E-state index contributed by atoms with van der Waals surface area (Å²) in [7, 11) is 0. The van der Waals surface area contributed by atoms with E-state index in [1.165, 1.54) is 0 Å². The Hall–Kier alpha value is -3.12. The van der Waals surface area contributed by atoms with Gasteiger partial charge in [-0.1, -0.05) is 35.9 Å². The van der Waals surface area contributed by atoms with Crippen LogP contribution in [0.25, 0.3) is 0 Å². The lowest BCUT2D eigenvalue weighted by molar-refractivity contribution is 0.0972. The monoisotopic (exact) mass is 433 g/mol. The molecule has 2 heterocycles. The van der Waals surface area contributed by atoms with E-state index in [1.807, 2.05) is 48.5 Å². The summed E-state index contributed by atoms with van der Waals surface area (Å²) < 4.78 is 0. The van der Waals surface area contributed by atoms with Crippen molar-refractivity contribution in [3.05, 3.63) is 70.9 Å². The predicted octanol–water partition coefficient (Wildman–Crippen LogP) is 4.72. The van der Waals surface area contributed by atoms with Crippen LogP contribution in [0.2, 0.25) is 5.02 Å². The maximum absolute atomic E-state index is 12.7. The SMILES string of the molecule is O=C1CCCc2nc(N3CCN(c4cccc(Cl)c4)CC3)nc(Nc3ccccc3)c21. The first-order valence-corrected chi connectivity index (χ1v) is 11.1. The molecule has 3 aromatic rings. The Morgan fingerprint density at radius 2 is 1.65 bits per heavy atom. The number of rotatable bonds is 4. The number of benzene rings is 2. The smallest absolute Gasteiger partial charge is 0.227 e. The fourth-order valence-corrected chi connectivity index (χ4v) is 4.42. The van der Waals surface area contributed by atoms with Crippen molar-refractivity contribution in [2.75, 3.05) is 41.3 Å². The van der Waals surface area contributed by atoms with E-state index in [1.54, 1.807) is 0 Å². The summed E-state index contributed by atoms with van der Waals surface area (Å²) in [4.78, 5) is 26.8.